The van der Waals surface area contributed by atoms with Crippen LogP contribution in [0.1, 0.15) is 44.5 Å². The molecule has 184 valence electrons. The Morgan fingerprint density at radius 3 is 2.66 bits per heavy atom. The summed E-state index contributed by atoms with van der Waals surface area (Å²) in [4.78, 5) is 39.5. The molecule has 0 bridgehead atoms. The Hall–Kier alpha value is -3.59. The predicted octanol–water partition coefficient (Wildman–Crippen LogP) is 2.98. The number of nitrogens with zero attached hydrogens (tertiary/aromatic N) is 5. The van der Waals surface area contributed by atoms with Crippen molar-refractivity contribution >= 4 is 21.9 Å². The van der Waals surface area contributed by atoms with Gasteiger partial charge in [0.2, 0.25) is 0 Å². The number of ether oxygens (including phenoxy) is 1. The maximum atomic E-state index is 12.9. The van der Waals surface area contributed by atoms with E-state index in [9.17, 15) is 9.59 Å². The van der Waals surface area contributed by atoms with Gasteiger partial charge < -0.3 is 9.84 Å². The molecule has 0 amide bonds. The fourth-order valence-corrected chi connectivity index (χ4v) is 4.14. The molecule has 0 spiro atoms. The zero-order chi connectivity index (χ0) is 24.9. The van der Waals surface area contributed by atoms with E-state index in [4.69, 9.17) is 19.8 Å². The molecule has 4 aromatic rings. The molecule has 0 atom stereocenters. The fourth-order valence-electron chi connectivity index (χ4n) is 4.14. The van der Waals surface area contributed by atoms with Crippen molar-refractivity contribution in [1.82, 2.24) is 24.1 Å². The molecule has 0 unspecified atom stereocenters. The number of hydrogen-bond donors (Lipinski definition) is 1. The zero-order valence-electron chi connectivity index (χ0n) is 20.4. The van der Waals surface area contributed by atoms with Crippen LogP contribution in [0.25, 0.3) is 21.9 Å². The van der Waals surface area contributed by atoms with Crippen LogP contribution in [0.5, 0.6) is 5.75 Å². The van der Waals surface area contributed by atoms with Crippen LogP contribution in [0, 0.1) is 5.92 Å². The second-order valence-corrected chi connectivity index (χ2v) is 9.12. The van der Waals surface area contributed by atoms with Crippen LogP contribution in [0.2, 0.25) is 0 Å². The number of aliphatic hydroxyl groups is 1. The highest BCUT2D eigenvalue weighted by molar-refractivity contribution is 5.87. The Labute approximate surface area is 203 Å². The highest BCUT2D eigenvalue weighted by atomic mass is 16.5. The molecule has 0 aliphatic rings. The van der Waals surface area contributed by atoms with Gasteiger partial charge in [-0.1, -0.05) is 32.4 Å². The lowest BCUT2D eigenvalue weighted by Gasteiger charge is -2.16. The molecule has 0 saturated heterocycles. The first-order valence-electron chi connectivity index (χ1n) is 12.0. The van der Waals surface area contributed by atoms with Crippen LogP contribution < -0.4 is 16.0 Å². The summed E-state index contributed by atoms with van der Waals surface area (Å²) >= 11 is 0. The number of unbranched alkanes of at least 4 members (excludes halogenated alkanes) is 2. The number of aryl methyl sites for hydroxylation is 1. The molecular weight excluding hydrogens is 446 g/mol. The fraction of sp³-hybridized carbons (Fsp3) is 0.423. The first-order chi connectivity index (χ1) is 16.9. The zero-order valence-corrected chi connectivity index (χ0v) is 20.4. The molecule has 0 aliphatic carbocycles. The molecule has 9 nitrogen and oxygen atoms in total. The number of rotatable bonds is 10. The number of aliphatic hydroxyl groups excluding tert-OH is 1. The van der Waals surface area contributed by atoms with Gasteiger partial charge in [-0.2, -0.15) is 0 Å². The summed E-state index contributed by atoms with van der Waals surface area (Å²) in [5.74, 6) is 0.874. The highest BCUT2D eigenvalue weighted by Crippen LogP contribution is 2.26. The van der Waals surface area contributed by atoms with Crippen molar-refractivity contribution in [3.05, 3.63) is 68.9 Å². The van der Waals surface area contributed by atoms with E-state index in [-0.39, 0.29) is 30.3 Å². The molecule has 0 aliphatic heterocycles. The Morgan fingerprint density at radius 1 is 1.06 bits per heavy atom. The second-order valence-electron chi connectivity index (χ2n) is 9.12. The van der Waals surface area contributed by atoms with Crippen molar-refractivity contribution in [3.8, 4) is 5.75 Å². The summed E-state index contributed by atoms with van der Waals surface area (Å²) in [6, 6.07) is 7.67. The van der Waals surface area contributed by atoms with Gasteiger partial charge in [-0.15, -0.1) is 0 Å². The Bertz CT molecular complexity index is 1450. The summed E-state index contributed by atoms with van der Waals surface area (Å²) in [5.41, 5.74) is 0.871. The number of pyridine rings is 1. The van der Waals surface area contributed by atoms with Crippen LogP contribution in [0.3, 0.4) is 0 Å². The summed E-state index contributed by atoms with van der Waals surface area (Å²) in [6.45, 7) is 4.71. The lowest BCUT2D eigenvalue weighted by atomic mass is 10.1. The molecule has 4 rings (SSSR count). The average Bonchev–Trinajstić information content (AvgIpc) is 2.86. The quantitative estimate of drug-likeness (QED) is 0.350. The lowest BCUT2D eigenvalue weighted by Crippen LogP contribution is -2.40. The monoisotopic (exact) mass is 477 g/mol. The van der Waals surface area contributed by atoms with E-state index in [1.807, 2.05) is 38.1 Å². The second kappa shape index (κ2) is 10.8. The maximum Gasteiger partial charge on any atom is 0.332 e. The van der Waals surface area contributed by atoms with Gasteiger partial charge in [0.1, 0.15) is 18.1 Å². The summed E-state index contributed by atoms with van der Waals surface area (Å²) in [5, 5.41) is 11.0. The van der Waals surface area contributed by atoms with Crippen LogP contribution in [-0.2, 0) is 26.6 Å². The van der Waals surface area contributed by atoms with Crippen molar-refractivity contribution in [1.29, 1.82) is 0 Å². The van der Waals surface area contributed by atoms with E-state index in [1.54, 1.807) is 12.4 Å². The van der Waals surface area contributed by atoms with Gasteiger partial charge in [-0.05, 0) is 37.3 Å². The van der Waals surface area contributed by atoms with Crippen molar-refractivity contribution in [3.63, 3.8) is 0 Å². The molecule has 9 heteroatoms. The summed E-state index contributed by atoms with van der Waals surface area (Å²) in [6.07, 6.45) is 6.42. The van der Waals surface area contributed by atoms with Crippen molar-refractivity contribution in [2.24, 2.45) is 13.0 Å². The third-order valence-corrected chi connectivity index (χ3v) is 5.94. The van der Waals surface area contributed by atoms with E-state index >= 15 is 0 Å². The first kappa shape index (κ1) is 24.5. The molecule has 0 fully saturated rings. The van der Waals surface area contributed by atoms with Crippen LogP contribution in [0.15, 0.2) is 46.2 Å². The van der Waals surface area contributed by atoms with Crippen molar-refractivity contribution < 1.29 is 9.84 Å². The van der Waals surface area contributed by atoms with Crippen LogP contribution in [0.4, 0.5) is 0 Å². The highest BCUT2D eigenvalue weighted by Gasteiger charge is 2.19. The number of hydrogen-bond acceptors (Lipinski definition) is 7. The van der Waals surface area contributed by atoms with Gasteiger partial charge in [-0.3, -0.25) is 18.9 Å². The predicted molar refractivity (Wildman–Crippen MR) is 135 cm³/mol. The van der Waals surface area contributed by atoms with E-state index in [0.29, 0.717) is 36.5 Å². The minimum atomic E-state index is -0.455. The van der Waals surface area contributed by atoms with Gasteiger partial charge in [0.25, 0.3) is 5.56 Å². The van der Waals surface area contributed by atoms with E-state index in [1.165, 1.54) is 11.6 Å². The largest absolute Gasteiger partial charge is 0.487 e. The number of fused-ring (bicyclic) bond motifs is 2. The molecule has 35 heavy (non-hydrogen) atoms. The Kier molecular flexibility index (Phi) is 7.55. The van der Waals surface area contributed by atoms with E-state index in [0.717, 1.165) is 28.2 Å². The van der Waals surface area contributed by atoms with Gasteiger partial charge in [-0.25, -0.2) is 14.8 Å². The van der Waals surface area contributed by atoms with Crippen molar-refractivity contribution in [2.45, 2.75) is 52.7 Å². The summed E-state index contributed by atoms with van der Waals surface area (Å²) < 4.78 is 8.80. The van der Waals surface area contributed by atoms with Crippen LogP contribution in [-0.4, -0.2) is 35.8 Å². The van der Waals surface area contributed by atoms with Gasteiger partial charge in [0.05, 0.1) is 5.69 Å². The number of aromatic nitrogens is 5. The van der Waals surface area contributed by atoms with Gasteiger partial charge in [0.15, 0.2) is 11.2 Å². The maximum absolute atomic E-state index is 12.9. The molecule has 3 heterocycles. The SMILES string of the molecule is CC(C)Cn1c(=O)n(C)c(=O)c2nc(CCCCCO)c(COc3cccc4cnccc34)nc21. The van der Waals surface area contributed by atoms with E-state index < -0.39 is 11.2 Å². The average molecular weight is 478 g/mol. The normalized spacial score (nSPS) is 11.6. The number of benzene rings is 1. The third-order valence-electron chi connectivity index (χ3n) is 5.94. The molecule has 3 aromatic heterocycles. The Morgan fingerprint density at radius 2 is 1.89 bits per heavy atom. The Balaban J connectivity index is 1.80. The molecular formula is C26H31N5O4. The molecule has 1 aromatic carbocycles. The van der Waals surface area contributed by atoms with Gasteiger partial charge in [0, 0.05) is 43.4 Å². The lowest BCUT2D eigenvalue weighted by molar-refractivity contribution is 0.282. The van der Waals surface area contributed by atoms with E-state index in [2.05, 4.69) is 4.98 Å². The minimum absolute atomic E-state index is 0.136. The van der Waals surface area contributed by atoms with Gasteiger partial charge >= 0.3 is 5.69 Å². The molecule has 0 radical (unpaired) electrons. The standard InChI is InChI=1S/C26H31N5O4/c1-17(2)15-31-24-23(25(33)30(3)26(31)34)28-20(9-5-4-6-13-32)21(29-24)16-35-22-10-7-8-18-14-27-12-11-19(18)22/h7-8,10-12,14,17,32H,4-6,9,13,15-16H2,1-3H3. The van der Waals surface area contributed by atoms with Crippen LogP contribution >= 0.6 is 0 Å². The van der Waals surface area contributed by atoms with Crippen molar-refractivity contribution in [2.75, 3.05) is 6.61 Å². The minimum Gasteiger partial charge on any atom is -0.487 e. The molecule has 1 N–H and O–H groups in total. The first-order valence-corrected chi connectivity index (χ1v) is 12.0. The third kappa shape index (κ3) is 5.24. The smallest absolute Gasteiger partial charge is 0.332 e. The summed E-state index contributed by atoms with van der Waals surface area (Å²) in [7, 11) is 1.47. The molecule has 0 saturated carbocycles. The topological polar surface area (TPSA) is 112 Å².